The molecule has 0 saturated heterocycles. The van der Waals surface area contributed by atoms with Gasteiger partial charge in [0.15, 0.2) is 15.8 Å². The van der Waals surface area contributed by atoms with Gasteiger partial charge in [0.05, 0.1) is 19.9 Å². The predicted molar refractivity (Wildman–Crippen MR) is 99.6 cm³/mol. The molecule has 0 saturated carbocycles. The van der Waals surface area contributed by atoms with Gasteiger partial charge < -0.3 is 14.0 Å². The van der Waals surface area contributed by atoms with Gasteiger partial charge in [-0.2, -0.15) is 0 Å². The number of ether oxygens (including phenoxy) is 2. The fourth-order valence-electron chi connectivity index (χ4n) is 2.81. The second kappa shape index (κ2) is 8.83. The Kier molecular flexibility index (Phi) is 6.74. The zero-order valence-corrected chi connectivity index (χ0v) is 16.6. The van der Waals surface area contributed by atoms with E-state index in [1.54, 1.807) is 30.3 Å². The molecule has 0 atom stereocenters. The number of esters is 2. The molecule has 0 radical (unpaired) electrons. The van der Waals surface area contributed by atoms with Gasteiger partial charge in [0.1, 0.15) is 5.03 Å². The summed E-state index contributed by atoms with van der Waals surface area (Å²) < 4.78 is 34.8. The van der Waals surface area contributed by atoms with Crippen LogP contribution in [0.3, 0.4) is 0 Å². The second-order valence-electron chi connectivity index (χ2n) is 6.06. The van der Waals surface area contributed by atoms with Crippen molar-refractivity contribution in [2.75, 3.05) is 20.5 Å². The van der Waals surface area contributed by atoms with Gasteiger partial charge in [-0.3, -0.25) is 14.4 Å². The number of aromatic nitrogens is 1. The normalized spacial score (nSPS) is 11.3. The third-order valence-corrected chi connectivity index (χ3v) is 5.32. The summed E-state index contributed by atoms with van der Waals surface area (Å²) >= 11 is 0. The van der Waals surface area contributed by atoms with Gasteiger partial charge in [-0.05, 0) is 18.6 Å². The molecule has 2 rings (SSSR count). The molecule has 1 aromatic heterocycles. The number of hydrogen-bond donors (Lipinski definition) is 0. The first kappa shape index (κ1) is 21.4. The fraction of sp³-hybridized carbons (Fsp3) is 0.316. The van der Waals surface area contributed by atoms with Crippen molar-refractivity contribution in [1.82, 2.24) is 4.57 Å². The maximum Gasteiger partial charge on any atom is 0.320 e. The number of carbonyl (C=O) groups excluding carboxylic acids is 3. The Morgan fingerprint density at radius 3 is 2.04 bits per heavy atom. The van der Waals surface area contributed by atoms with Crippen LogP contribution in [0.4, 0.5) is 0 Å². The van der Waals surface area contributed by atoms with E-state index in [4.69, 9.17) is 0 Å². The standard InChI is InChI=1S/C19H21NO7S/c1-26-18(22)14(19(23)27-2)11-12-20-15(9-10-16(20)28(3,24)25)17(21)13-7-5-4-6-8-13/h4-10,14H,11-12H2,1-3H3. The molecule has 0 amide bonds. The Morgan fingerprint density at radius 2 is 1.54 bits per heavy atom. The van der Waals surface area contributed by atoms with E-state index in [0.29, 0.717) is 5.56 Å². The zero-order chi connectivity index (χ0) is 20.9. The minimum Gasteiger partial charge on any atom is -0.468 e. The van der Waals surface area contributed by atoms with Crippen molar-refractivity contribution in [3.63, 3.8) is 0 Å². The maximum absolute atomic E-state index is 12.8. The Labute approximate surface area is 163 Å². The van der Waals surface area contributed by atoms with E-state index in [-0.39, 0.29) is 29.5 Å². The van der Waals surface area contributed by atoms with Crippen LogP contribution in [0.1, 0.15) is 22.5 Å². The first-order valence-electron chi connectivity index (χ1n) is 8.35. The maximum atomic E-state index is 12.8. The molecule has 0 aliphatic heterocycles. The monoisotopic (exact) mass is 407 g/mol. The number of carbonyl (C=O) groups is 3. The lowest BCUT2D eigenvalue weighted by Crippen LogP contribution is -2.28. The Balaban J connectivity index is 2.43. The second-order valence-corrected chi connectivity index (χ2v) is 8.03. The van der Waals surface area contributed by atoms with Crippen LogP contribution in [0, 0.1) is 5.92 Å². The predicted octanol–water partition coefficient (Wildman–Crippen LogP) is 1.47. The summed E-state index contributed by atoms with van der Waals surface area (Å²) in [7, 11) is -1.37. The van der Waals surface area contributed by atoms with E-state index in [0.717, 1.165) is 20.5 Å². The minimum absolute atomic E-state index is 0.0713. The number of hydrogen-bond acceptors (Lipinski definition) is 7. The highest BCUT2D eigenvalue weighted by molar-refractivity contribution is 7.90. The van der Waals surface area contributed by atoms with E-state index in [2.05, 4.69) is 9.47 Å². The molecule has 0 aliphatic carbocycles. The molecular weight excluding hydrogens is 386 g/mol. The number of sulfone groups is 1. The van der Waals surface area contributed by atoms with Crippen molar-refractivity contribution < 1.29 is 32.3 Å². The summed E-state index contributed by atoms with van der Waals surface area (Å²) in [5.41, 5.74) is 0.527. The summed E-state index contributed by atoms with van der Waals surface area (Å²) in [6.45, 7) is -0.0713. The molecule has 0 bridgehead atoms. The van der Waals surface area contributed by atoms with E-state index in [9.17, 15) is 22.8 Å². The average Bonchev–Trinajstić information content (AvgIpc) is 3.12. The highest BCUT2D eigenvalue weighted by atomic mass is 32.2. The van der Waals surface area contributed by atoms with Crippen molar-refractivity contribution >= 4 is 27.6 Å². The molecule has 150 valence electrons. The molecule has 28 heavy (non-hydrogen) atoms. The molecular formula is C19H21NO7S. The summed E-state index contributed by atoms with van der Waals surface area (Å²) in [6.07, 6.45) is 0.930. The first-order valence-corrected chi connectivity index (χ1v) is 10.2. The minimum atomic E-state index is -3.65. The molecule has 0 fully saturated rings. The zero-order valence-electron chi connectivity index (χ0n) is 15.7. The van der Waals surface area contributed by atoms with Gasteiger partial charge >= 0.3 is 11.9 Å². The molecule has 9 heteroatoms. The molecule has 0 N–H and O–H groups in total. The average molecular weight is 407 g/mol. The molecule has 0 unspecified atom stereocenters. The van der Waals surface area contributed by atoms with Crippen molar-refractivity contribution in [3.05, 3.63) is 53.7 Å². The van der Waals surface area contributed by atoms with Crippen LogP contribution in [0.5, 0.6) is 0 Å². The number of nitrogens with zero attached hydrogens (tertiary/aromatic N) is 1. The van der Waals surface area contributed by atoms with E-state index in [1.165, 1.54) is 16.7 Å². The van der Waals surface area contributed by atoms with Crippen LogP contribution in [0.2, 0.25) is 0 Å². The first-order chi connectivity index (χ1) is 13.2. The molecule has 1 heterocycles. The smallest absolute Gasteiger partial charge is 0.320 e. The van der Waals surface area contributed by atoms with Crippen LogP contribution >= 0.6 is 0 Å². The SMILES string of the molecule is COC(=O)C(CCn1c(C(=O)c2ccccc2)ccc1S(C)(=O)=O)C(=O)OC. The Hall–Kier alpha value is -2.94. The quantitative estimate of drug-likeness (QED) is 0.370. The molecule has 0 aliphatic rings. The van der Waals surface area contributed by atoms with Crippen LogP contribution in [0.25, 0.3) is 0 Å². The van der Waals surface area contributed by atoms with Gasteiger partial charge in [0.2, 0.25) is 5.78 Å². The van der Waals surface area contributed by atoms with E-state index < -0.39 is 27.7 Å². The van der Waals surface area contributed by atoms with Crippen LogP contribution in [-0.2, 0) is 35.4 Å². The summed E-state index contributed by atoms with van der Waals surface area (Å²) in [5, 5.41) is -0.0831. The third-order valence-electron chi connectivity index (χ3n) is 4.20. The van der Waals surface area contributed by atoms with Crippen LogP contribution < -0.4 is 0 Å². The summed E-state index contributed by atoms with van der Waals surface area (Å²) in [6, 6.07) is 11.1. The molecule has 8 nitrogen and oxygen atoms in total. The summed E-state index contributed by atoms with van der Waals surface area (Å²) in [4.78, 5) is 36.6. The van der Waals surface area contributed by atoms with Gasteiger partial charge in [-0.25, -0.2) is 8.42 Å². The third kappa shape index (κ3) is 4.66. The fourth-order valence-corrected chi connectivity index (χ4v) is 3.72. The lowest BCUT2D eigenvalue weighted by atomic mass is 10.1. The van der Waals surface area contributed by atoms with Gasteiger partial charge in [0.25, 0.3) is 0 Å². The topological polar surface area (TPSA) is 109 Å². The van der Waals surface area contributed by atoms with Gasteiger partial charge in [0, 0.05) is 18.4 Å². The Morgan fingerprint density at radius 1 is 0.964 bits per heavy atom. The lowest BCUT2D eigenvalue weighted by Gasteiger charge is -2.16. The highest BCUT2D eigenvalue weighted by Gasteiger charge is 2.30. The van der Waals surface area contributed by atoms with Gasteiger partial charge in [-0.15, -0.1) is 0 Å². The van der Waals surface area contributed by atoms with Crippen molar-refractivity contribution in [1.29, 1.82) is 0 Å². The van der Waals surface area contributed by atoms with Gasteiger partial charge in [-0.1, -0.05) is 30.3 Å². The summed E-state index contributed by atoms with van der Waals surface area (Å²) in [5.74, 6) is -3.20. The van der Waals surface area contributed by atoms with Crippen molar-refractivity contribution in [2.45, 2.75) is 18.0 Å². The van der Waals surface area contributed by atoms with E-state index >= 15 is 0 Å². The van der Waals surface area contributed by atoms with Crippen molar-refractivity contribution in [2.24, 2.45) is 5.92 Å². The van der Waals surface area contributed by atoms with Crippen molar-refractivity contribution in [3.8, 4) is 0 Å². The van der Waals surface area contributed by atoms with Crippen LogP contribution in [0.15, 0.2) is 47.5 Å². The molecule has 2 aromatic rings. The van der Waals surface area contributed by atoms with E-state index in [1.807, 2.05) is 0 Å². The molecule has 1 aromatic carbocycles. The lowest BCUT2D eigenvalue weighted by molar-refractivity contribution is -0.159. The highest BCUT2D eigenvalue weighted by Crippen LogP contribution is 2.21. The number of methoxy groups -OCH3 is 2. The number of ketones is 1. The number of rotatable bonds is 8. The van der Waals surface area contributed by atoms with Crippen LogP contribution in [-0.4, -0.2) is 51.2 Å². The number of benzene rings is 1. The largest absolute Gasteiger partial charge is 0.468 e. The Bertz CT molecular complexity index is 961. The molecule has 0 spiro atoms.